The number of hydrogen-bond acceptors (Lipinski definition) is 2. The van der Waals surface area contributed by atoms with E-state index in [1.165, 1.54) is 70.6 Å². The summed E-state index contributed by atoms with van der Waals surface area (Å²) in [6.07, 6.45) is 21.0. The lowest BCUT2D eigenvalue weighted by Gasteiger charge is -2.01. The molecule has 0 saturated carbocycles. The summed E-state index contributed by atoms with van der Waals surface area (Å²) >= 11 is 0. The molecule has 0 aliphatic carbocycles. The van der Waals surface area contributed by atoms with Crippen molar-refractivity contribution < 1.29 is 9.47 Å². The van der Waals surface area contributed by atoms with Gasteiger partial charge in [-0.15, -0.1) is 0 Å². The predicted molar refractivity (Wildman–Crippen MR) is 85.9 cm³/mol. The van der Waals surface area contributed by atoms with Gasteiger partial charge < -0.3 is 9.47 Å². The Balaban J connectivity index is 1.65. The highest BCUT2D eigenvalue weighted by Crippen LogP contribution is 2.12. The van der Waals surface area contributed by atoms with Crippen molar-refractivity contribution in [2.75, 3.05) is 13.2 Å². The van der Waals surface area contributed by atoms with Gasteiger partial charge >= 0.3 is 0 Å². The molecule has 1 saturated heterocycles. The quantitative estimate of drug-likeness (QED) is 0.221. The Morgan fingerprint density at radius 2 is 1.45 bits per heavy atom. The van der Waals surface area contributed by atoms with Crippen LogP contribution in [0.2, 0.25) is 0 Å². The number of hydrogen-bond donors (Lipinski definition) is 0. The zero-order valence-electron chi connectivity index (χ0n) is 13.4. The minimum atomic E-state index is 0.377. The average Bonchev–Trinajstić information content (AvgIpc) is 3.27. The molecule has 0 spiro atoms. The van der Waals surface area contributed by atoms with Crippen LogP contribution in [0.1, 0.15) is 84.0 Å². The van der Waals surface area contributed by atoms with E-state index in [1.54, 1.807) is 0 Å². The molecule has 2 nitrogen and oxygen atoms in total. The van der Waals surface area contributed by atoms with Crippen LogP contribution in [-0.4, -0.2) is 19.3 Å². The maximum absolute atomic E-state index is 5.35. The first-order valence-corrected chi connectivity index (χ1v) is 8.81. The summed E-state index contributed by atoms with van der Waals surface area (Å²) in [5.41, 5.74) is 0. The van der Waals surface area contributed by atoms with Crippen LogP contribution in [0.25, 0.3) is 0 Å². The van der Waals surface area contributed by atoms with Crippen molar-refractivity contribution in [3.05, 3.63) is 12.3 Å². The number of ether oxygens (including phenoxy) is 2. The normalized spacial score (nSPS) is 17.8. The molecule has 1 aliphatic rings. The molecule has 1 rings (SSSR count). The van der Waals surface area contributed by atoms with Crippen molar-refractivity contribution in [2.45, 2.75) is 90.1 Å². The number of allylic oxidation sites excluding steroid dienone is 1. The molecule has 2 heteroatoms. The molecule has 0 amide bonds. The lowest BCUT2D eigenvalue weighted by Crippen LogP contribution is -1.94. The maximum atomic E-state index is 5.35. The third-order valence-electron chi connectivity index (χ3n) is 3.85. The molecule has 0 aromatic carbocycles. The summed E-state index contributed by atoms with van der Waals surface area (Å²) in [6, 6.07) is 0. The molecule has 118 valence electrons. The summed E-state index contributed by atoms with van der Waals surface area (Å²) in [6.45, 7) is 3.89. The van der Waals surface area contributed by atoms with Crippen molar-refractivity contribution in [3.8, 4) is 0 Å². The van der Waals surface area contributed by atoms with E-state index in [-0.39, 0.29) is 0 Å². The Morgan fingerprint density at radius 3 is 2.00 bits per heavy atom. The summed E-state index contributed by atoms with van der Waals surface area (Å²) in [4.78, 5) is 0. The first-order chi connectivity index (χ1) is 9.93. The fourth-order valence-electron chi connectivity index (χ4n) is 2.39. The van der Waals surface area contributed by atoms with E-state index in [1.807, 2.05) is 6.26 Å². The van der Waals surface area contributed by atoms with Crippen LogP contribution in [-0.2, 0) is 9.47 Å². The Morgan fingerprint density at radius 1 is 0.900 bits per heavy atom. The second-order valence-electron chi connectivity index (χ2n) is 5.98. The highest BCUT2D eigenvalue weighted by molar-refractivity contribution is 4.75. The van der Waals surface area contributed by atoms with Crippen molar-refractivity contribution >= 4 is 0 Å². The van der Waals surface area contributed by atoms with Gasteiger partial charge in [0.15, 0.2) is 0 Å². The first kappa shape index (κ1) is 17.6. The largest absolute Gasteiger partial charge is 0.499 e. The molecule has 20 heavy (non-hydrogen) atoms. The monoisotopic (exact) mass is 282 g/mol. The van der Waals surface area contributed by atoms with Gasteiger partial charge in [-0.3, -0.25) is 0 Å². The molecule has 1 heterocycles. The van der Waals surface area contributed by atoms with Crippen LogP contribution in [0.15, 0.2) is 12.3 Å². The summed E-state index contributed by atoms with van der Waals surface area (Å²) in [5, 5.41) is 0. The van der Waals surface area contributed by atoms with Gasteiger partial charge in [0.25, 0.3) is 0 Å². The Kier molecular flexibility index (Phi) is 11.8. The van der Waals surface area contributed by atoms with E-state index in [0.717, 1.165) is 19.6 Å². The van der Waals surface area contributed by atoms with Gasteiger partial charge in [-0.25, -0.2) is 0 Å². The molecule has 1 unspecified atom stereocenters. The van der Waals surface area contributed by atoms with Crippen LogP contribution in [0.3, 0.4) is 0 Å². The van der Waals surface area contributed by atoms with Crippen molar-refractivity contribution in [1.29, 1.82) is 0 Å². The summed E-state index contributed by atoms with van der Waals surface area (Å²) in [7, 11) is 0. The molecule has 0 aromatic rings. The standard InChI is InChI=1S/C18H34O2/c1-2-3-4-5-6-7-8-9-10-11-12-13-14-15-19-16-18-17-20-18/h14-15,18H,2-13,16-17H2,1H3. The topological polar surface area (TPSA) is 21.8 Å². The van der Waals surface area contributed by atoms with E-state index in [4.69, 9.17) is 9.47 Å². The van der Waals surface area contributed by atoms with E-state index in [9.17, 15) is 0 Å². The predicted octanol–water partition coefficient (Wildman–Crippen LogP) is 5.62. The van der Waals surface area contributed by atoms with Crippen molar-refractivity contribution in [1.82, 2.24) is 0 Å². The zero-order valence-corrected chi connectivity index (χ0v) is 13.4. The second-order valence-corrected chi connectivity index (χ2v) is 5.98. The van der Waals surface area contributed by atoms with Crippen molar-refractivity contribution in [3.63, 3.8) is 0 Å². The number of epoxide rings is 1. The highest BCUT2D eigenvalue weighted by Gasteiger charge is 2.22. The van der Waals surface area contributed by atoms with Gasteiger partial charge in [-0.1, -0.05) is 71.1 Å². The first-order valence-electron chi connectivity index (χ1n) is 8.81. The Labute approximate surface area is 125 Å². The van der Waals surface area contributed by atoms with Gasteiger partial charge in [-0.2, -0.15) is 0 Å². The second kappa shape index (κ2) is 13.5. The third kappa shape index (κ3) is 12.5. The third-order valence-corrected chi connectivity index (χ3v) is 3.85. The average molecular weight is 282 g/mol. The molecule has 1 fully saturated rings. The molecular formula is C18H34O2. The SMILES string of the molecule is CCCCCCCCCCCCCC=COCC1CO1. The van der Waals surface area contributed by atoms with Crippen LogP contribution in [0, 0.1) is 0 Å². The minimum absolute atomic E-state index is 0.377. The fraction of sp³-hybridized carbons (Fsp3) is 0.889. The van der Waals surface area contributed by atoms with Crippen LogP contribution < -0.4 is 0 Å². The van der Waals surface area contributed by atoms with E-state index in [0.29, 0.717) is 6.10 Å². The summed E-state index contributed by atoms with van der Waals surface area (Å²) in [5.74, 6) is 0. The van der Waals surface area contributed by atoms with Gasteiger partial charge in [0.1, 0.15) is 12.7 Å². The van der Waals surface area contributed by atoms with Crippen LogP contribution in [0.4, 0.5) is 0 Å². The molecule has 0 N–H and O–H groups in total. The van der Waals surface area contributed by atoms with Crippen LogP contribution >= 0.6 is 0 Å². The van der Waals surface area contributed by atoms with Gasteiger partial charge in [-0.05, 0) is 18.9 Å². The van der Waals surface area contributed by atoms with Gasteiger partial charge in [0.05, 0.1) is 12.9 Å². The van der Waals surface area contributed by atoms with Crippen LogP contribution in [0.5, 0.6) is 0 Å². The lowest BCUT2D eigenvalue weighted by molar-refractivity contribution is 0.211. The molecular weight excluding hydrogens is 248 g/mol. The van der Waals surface area contributed by atoms with E-state index in [2.05, 4.69) is 13.0 Å². The highest BCUT2D eigenvalue weighted by atomic mass is 16.6. The van der Waals surface area contributed by atoms with Gasteiger partial charge in [0, 0.05) is 0 Å². The molecule has 0 aromatic heterocycles. The number of unbranched alkanes of at least 4 members (excludes halogenated alkanes) is 11. The number of rotatable bonds is 15. The van der Waals surface area contributed by atoms with Crippen molar-refractivity contribution in [2.24, 2.45) is 0 Å². The molecule has 0 radical (unpaired) electrons. The Hall–Kier alpha value is -0.500. The molecule has 0 bridgehead atoms. The Bertz CT molecular complexity index is 221. The van der Waals surface area contributed by atoms with E-state index >= 15 is 0 Å². The fourth-order valence-corrected chi connectivity index (χ4v) is 2.39. The molecule has 1 atom stereocenters. The van der Waals surface area contributed by atoms with E-state index < -0.39 is 0 Å². The zero-order chi connectivity index (χ0) is 14.3. The van der Waals surface area contributed by atoms with Gasteiger partial charge in [0.2, 0.25) is 0 Å². The smallest absolute Gasteiger partial charge is 0.116 e. The summed E-state index contributed by atoms with van der Waals surface area (Å²) < 4.78 is 10.4. The minimum Gasteiger partial charge on any atom is -0.499 e. The maximum Gasteiger partial charge on any atom is 0.116 e. The lowest BCUT2D eigenvalue weighted by atomic mass is 10.1. The molecule has 1 aliphatic heterocycles.